The van der Waals surface area contributed by atoms with E-state index < -0.39 is 0 Å². The Hall–Kier alpha value is -1.13. The Morgan fingerprint density at radius 1 is 1.17 bits per heavy atom. The van der Waals surface area contributed by atoms with Crippen molar-refractivity contribution in [3.05, 3.63) is 35.9 Å². The Morgan fingerprint density at radius 3 is 2.46 bits per heavy atom. The number of thiocarbonyl (C=S) groups is 1. The van der Waals surface area contributed by atoms with Gasteiger partial charge in [-0.05, 0) is 49.4 Å². The fourth-order valence-corrected chi connectivity index (χ4v) is 4.57. The van der Waals surface area contributed by atoms with Gasteiger partial charge in [0.05, 0.1) is 0 Å². The molecular formula is C20H31N3S. The number of benzene rings is 1. The van der Waals surface area contributed by atoms with Crippen molar-refractivity contribution in [1.82, 2.24) is 15.5 Å². The van der Waals surface area contributed by atoms with Gasteiger partial charge in [0.2, 0.25) is 0 Å². The Bertz CT molecular complexity index is 517. The standard InChI is InChI=1S/C20H31N3S/c1-15(2)14-23-18-9-6-10-19(23)12-17(11-18)22-20(24)21-13-16-7-4-3-5-8-16/h3-5,7-8,15,17-19H,6,9-14H2,1-2H3,(H2,21,22,24)/t18-,19-/m1/s1. The smallest absolute Gasteiger partial charge is 0.166 e. The van der Waals surface area contributed by atoms with Gasteiger partial charge in [-0.2, -0.15) is 0 Å². The molecule has 0 aromatic heterocycles. The number of hydrogen-bond acceptors (Lipinski definition) is 2. The first-order valence-electron chi connectivity index (χ1n) is 9.46. The van der Waals surface area contributed by atoms with Crippen LogP contribution in [0.4, 0.5) is 0 Å². The predicted molar refractivity (Wildman–Crippen MR) is 105 cm³/mol. The highest BCUT2D eigenvalue weighted by Crippen LogP contribution is 2.34. The van der Waals surface area contributed by atoms with Crippen LogP contribution >= 0.6 is 12.2 Å². The maximum Gasteiger partial charge on any atom is 0.166 e. The van der Waals surface area contributed by atoms with Crippen molar-refractivity contribution in [3.8, 4) is 0 Å². The van der Waals surface area contributed by atoms with Gasteiger partial charge in [-0.3, -0.25) is 4.90 Å². The first kappa shape index (κ1) is 17.7. The highest BCUT2D eigenvalue weighted by molar-refractivity contribution is 7.80. The fraction of sp³-hybridized carbons (Fsp3) is 0.650. The van der Waals surface area contributed by atoms with Crippen LogP contribution in [0.5, 0.6) is 0 Å². The Labute approximate surface area is 152 Å². The molecule has 132 valence electrons. The van der Waals surface area contributed by atoms with Gasteiger partial charge < -0.3 is 10.6 Å². The molecule has 1 aromatic rings. The molecule has 0 radical (unpaired) electrons. The molecule has 1 aromatic carbocycles. The average Bonchev–Trinajstić information content (AvgIpc) is 2.54. The lowest BCUT2D eigenvalue weighted by Gasteiger charge is -2.49. The highest BCUT2D eigenvalue weighted by Gasteiger charge is 2.38. The number of hydrogen-bond donors (Lipinski definition) is 2. The number of rotatable bonds is 5. The summed E-state index contributed by atoms with van der Waals surface area (Å²) in [4.78, 5) is 2.78. The van der Waals surface area contributed by atoms with E-state index in [2.05, 4.69) is 53.6 Å². The van der Waals surface area contributed by atoms with E-state index in [1.165, 1.54) is 44.2 Å². The van der Waals surface area contributed by atoms with Gasteiger partial charge in [-0.25, -0.2) is 0 Å². The summed E-state index contributed by atoms with van der Waals surface area (Å²) in [5.74, 6) is 0.756. The number of piperidine rings is 2. The first-order chi connectivity index (χ1) is 11.6. The number of fused-ring (bicyclic) bond motifs is 2. The van der Waals surface area contributed by atoms with Crippen molar-refractivity contribution in [2.75, 3.05) is 6.54 Å². The summed E-state index contributed by atoms with van der Waals surface area (Å²) in [6, 6.07) is 12.5. The summed E-state index contributed by atoms with van der Waals surface area (Å²) in [5.41, 5.74) is 1.27. The second-order valence-electron chi connectivity index (χ2n) is 7.81. The molecule has 0 spiro atoms. The van der Waals surface area contributed by atoms with E-state index in [0.29, 0.717) is 6.04 Å². The Balaban J connectivity index is 1.49. The molecule has 2 saturated heterocycles. The van der Waals surface area contributed by atoms with Crippen molar-refractivity contribution >= 4 is 17.3 Å². The van der Waals surface area contributed by atoms with Crippen LogP contribution in [0.1, 0.15) is 51.5 Å². The lowest BCUT2D eigenvalue weighted by atomic mass is 9.81. The molecule has 2 bridgehead atoms. The van der Waals surface area contributed by atoms with Crippen LogP contribution in [0.3, 0.4) is 0 Å². The molecule has 2 aliphatic rings. The number of nitrogens with one attached hydrogen (secondary N) is 2. The minimum absolute atomic E-state index is 0.527. The zero-order chi connectivity index (χ0) is 16.9. The van der Waals surface area contributed by atoms with Crippen LogP contribution in [-0.4, -0.2) is 34.7 Å². The van der Waals surface area contributed by atoms with Crippen LogP contribution < -0.4 is 10.6 Å². The SMILES string of the molecule is CC(C)CN1[C@@H]2CCC[C@@H]1CC(NC(=S)NCc1ccccc1)C2. The molecule has 0 unspecified atom stereocenters. The zero-order valence-electron chi connectivity index (χ0n) is 15.0. The molecule has 3 rings (SSSR count). The minimum atomic E-state index is 0.527. The lowest BCUT2D eigenvalue weighted by molar-refractivity contribution is 0.0190. The maximum absolute atomic E-state index is 5.53. The summed E-state index contributed by atoms with van der Waals surface area (Å²) >= 11 is 5.53. The Kier molecular flexibility index (Phi) is 6.12. The van der Waals surface area contributed by atoms with E-state index in [1.54, 1.807) is 0 Å². The monoisotopic (exact) mass is 345 g/mol. The van der Waals surface area contributed by atoms with E-state index in [4.69, 9.17) is 12.2 Å². The third-order valence-corrected chi connectivity index (χ3v) is 5.60. The molecule has 4 heteroatoms. The van der Waals surface area contributed by atoms with E-state index >= 15 is 0 Å². The summed E-state index contributed by atoms with van der Waals surface area (Å²) in [6.07, 6.45) is 6.57. The molecule has 2 heterocycles. The quantitative estimate of drug-likeness (QED) is 0.796. The van der Waals surface area contributed by atoms with Gasteiger partial charge in [-0.15, -0.1) is 0 Å². The van der Waals surface area contributed by atoms with Gasteiger partial charge in [0.1, 0.15) is 0 Å². The molecule has 2 fully saturated rings. The zero-order valence-corrected chi connectivity index (χ0v) is 15.8. The van der Waals surface area contributed by atoms with Gasteiger partial charge in [0.15, 0.2) is 5.11 Å². The summed E-state index contributed by atoms with van der Waals surface area (Å²) in [7, 11) is 0. The van der Waals surface area contributed by atoms with E-state index in [0.717, 1.165) is 29.7 Å². The Morgan fingerprint density at radius 2 is 1.83 bits per heavy atom. The van der Waals surface area contributed by atoms with E-state index in [9.17, 15) is 0 Å². The molecule has 0 aliphatic carbocycles. The van der Waals surface area contributed by atoms with Crippen LogP contribution in [0.15, 0.2) is 30.3 Å². The maximum atomic E-state index is 5.53. The molecular weight excluding hydrogens is 314 g/mol. The van der Waals surface area contributed by atoms with Crippen molar-refractivity contribution in [1.29, 1.82) is 0 Å². The van der Waals surface area contributed by atoms with Gasteiger partial charge in [-0.1, -0.05) is 50.6 Å². The second-order valence-corrected chi connectivity index (χ2v) is 8.22. The van der Waals surface area contributed by atoms with Crippen molar-refractivity contribution in [2.24, 2.45) is 5.92 Å². The molecule has 24 heavy (non-hydrogen) atoms. The molecule has 0 saturated carbocycles. The van der Waals surface area contributed by atoms with Crippen molar-refractivity contribution in [3.63, 3.8) is 0 Å². The normalized spacial score (nSPS) is 27.0. The molecule has 3 nitrogen and oxygen atoms in total. The van der Waals surface area contributed by atoms with Gasteiger partial charge >= 0.3 is 0 Å². The highest BCUT2D eigenvalue weighted by atomic mass is 32.1. The second kappa shape index (κ2) is 8.30. The topological polar surface area (TPSA) is 27.3 Å². The summed E-state index contributed by atoms with van der Waals surface area (Å²) in [6.45, 7) is 6.72. The van der Waals surface area contributed by atoms with Gasteiger partial charge in [0.25, 0.3) is 0 Å². The summed E-state index contributed by atoms with van der Waals surface area (Å²) < 4.78 is 0. The van der Waals surface area contributed by atoms with Crippen LogP contribution in [0, 0.1) is 5.92 Å². The minimum Gasteiger partial charge on any atom is -0.360 e. The van der Waals surface area contributed by atoms with E-state index in [-0.39, 0.29) is 0 Å². The largest absolute Gasteiger partial charge is 0.360 e. The predicted octanol–water partition coefficient (Wildman–Crippen LogP) is 3.69. The number of nitrogens with zero attached hydrogens (tertiary/aromatic N) is 1. The molecule has 2 atom stereocenters. The molecule has 2 aliphatic heterocycles. The molecule has 2 N–H and O–H groups in total. The van der Waals surface area contributed by atoms with Crippen molar-refractivity contribution in [2.45, 2.75) is 70.6 Å². The third kappa shape index (κ3) is 4.70. The summed E-state index contributed by atoms with van der Waals surface area (Å²) in [5, 5.41) is 7.75. The third-order valence-electron chi connectivity index (χ3n) is 5.33. The van der Waals surface area contributed by atoms with Crippen LogP contribution in [0.2, 0.25) is 0 Å². The van der Waals surface area contributed by atoms with Crippen LogP contribution in [0.25, 0.3) is 0 Å². The van der Waals surface area contributed by atoms with Gasteiger partial charge in [0, 0.05) is 31.2 Å². The lowest BCUT2D eigenvalue weighted by Crippen LogP contribution is -2.58. The average molecular weight is 346 g/mol. The first-order valence-corrected chi connectivity index (χ1v) is 9.86. The van der Waals surface area contributed by atoms with Crippen molar-refractivity contribution < 1.29 is 0 Å². The van der Waals surface area contributed by atoms with Crippen LogP contribution in [-0.2, 0) is 6.54 Å². The fourth-order valence-electron chi connectivity index (χ4n) is 4.33. The van der Waals surface area contributed by atoms with E-state index in [1.807, 2.05) is 6.07 Å². The molecule has 0 amide bonds.